The second-order valence-corrected chi connectivity index (χ2v) is 6.33. The third-order valence-electron chi connectivity index (χ3n) is 4.65. The van der Waals surface area contributed by atoms with Crippen molar-refractivity contribution >= 4 is 16.9 Å². The minimum absolute atomic E-state index is 0.420. The number of nitriles is 1. The van der Waals surface area contributed by atoms with Gasteiger partial charge < -0.3 is 4.90 Å². The smallest absolute Gasteiger partial charge is 0.163 e. The molecule has 26 heavy (non-hydrogen) atoms. The normalized spacial score (nSPS) is 15.3. The molecule has 1 saturated heterocycles. The fourth-order valence-corrected chi connectivity index (χ4v) is 3.32. The van der Waals surface area contributed by atoms with Gasteiger partial charge in [-0.3, -0.25) is 9.88 Å². The Bertz CT molecular complexity index is 906. The maximum Gasteiger partial charge on any atom is 0.163 e. The molecule has 8 nitrogen and oxygen atoms in total. The van der Waals surface area contributed by atoms with E-state index >= 15 is 0 Å². The number of nitrogens with zero attached hydrogens (tertiary/aromatic N) is 8. The number of fused-ring (bicyclic) bond motifs is 1. The summed E-state index contributed by atoms with van der Waals surface area (Å²) in [5.74, 6) is 0.930. The molecule has 0 aliphatic carbocycles. The van der Waals surface area contributed by atoms with Gasteiger partial charge >= 0.3 is 0 Å². The molecule has 1 fully saturated rings. The van der Waals surface area contributed by atoms with Crippen molar-refractivity contribution in [3.63, 3.8) is 0 Å². The number of rotatable bonds is 5. The van der Waals surface area contributed by atoms with Crippen molar-refractivity contribution in [2.24, 2.45) is 0 Å². The maximum atomic E-state index is 8.79. The lowest BCUT2D eigenvalue weighted by atomic mass is 10.2. The summed E-state index contributed by atoms with van der Waals surface area (Å²) in [6.07, 6.45) is 7.55. The zero-order valence-corrected chi connectivity index (χ0v) is 14.5. The highest BCUT2D eigenvalue weighted by atomic mass is 15.3. The molecular weight excluding hydrogens is 328 g/mol. The molecule has 3 aromatic heterocycles. The molecule has 0 bridgehead atoms. The van der Waals surface area contributed by atoms with Gasteiger partial charge in [-0.25, -0.2) is 14.6 Å². The van der Waals surface area contributed by atoms with Crippen molar-refractivity contribution in [1.29, 1.82) is 5.26 Å². The highest BCUT2D eigenvalue weighted by Crippen LogP contribution is 2.24. The Morgan fingerprint density at radius 1 is 1.12 bits per heavy atom. The van der Waals surface area contributed by atoms with Crippen LogP contribution in [-0.4, -0.2) is 55.8 Å². The number of piperazine rings is 1. The standard InChI is InChI=1S/C18H20N8/c19-4-2-6-26-18-16(12-23-26)17(21-14-22-18)25-9-7-24(8-10-25)13-15-3-1-5-20-11-15/h1,3,5,11-12,14H,2,6-10,13H2. The van der Waals surface area contributed by atoms with Crippen LogP contribution in [0.1, 0.15) is 12.0 Å². The number of pyridine rings is 1. The van der Waals surface area contributed by atoms with E-state index in [1.807, 2.05) is 18.5 Å². The SMILES string of the molecule is N#CCCn1ncc2c(N3CCN(Cc4cccnc4)CC3)ncnc21. The van der Waals surface area contributed by atoms with Crippen molar-refractivity contribution in [2.45, 2.75) is 19.5 Å². The third kappa shape index (κ3) is 3.34. The number of hydrogen-bond acceptors (Lipinski definition) is 7. The molecule has 8 heteroatoms. The highest BCUT2D eigenvalue weighted by Gasteiger charge is 2.21. The van der Waals surface area contributed by atoms with Gasteiger partial charge in [-0.1, -0.05) is 6.07 Å². The van der Waals surface area contributed by atoms with Crippen molar-refractivity contribution in [2.75, 3.05) is 31.1 Å². The van der Waals surface area contributed by atoms with E-state index in [9.17, 15) is 0 Å². The molecule has 132 valence electrons. The predicted octanol–water partition coefficient (Wildman–Crippen LogP) is 1.46. The zero-order valence-electron chi connectivity index (χ0n) is 14.5. The molecule has 3 aromatic rings. The van der Waals surface area contributed by atoms with Crippen molar-refractivity contribution in [1.82, 2.24) is 29.6 Å². The maximum absolute atomic E-state index is 8.79. The van der Waals surface area contributed by atoms with E-state index in [4.69, 9.17) is 5.26 Å². The van der Waals surface area contributed by atoms with Crippen molar-refractivity contribution in [3.8, 4) is 6.07 Å². The fourth-order valence-electron chi connectivity index (χ4n) is 3.32. The lowest BCUT2D eigenvalue weighted by molar-refractivity contribution is 0.249. The Balaban J connectivity index is 1.46. The van der Waals surface area contributed by atoms with Gasteiger partial charge in [0.05, 0.1) is 30.6 Å². The minimum Gasteiger partial charge on any atom is -0.353 e. The Kier molecular flexibility index (Phi) is 4.71. The summed E-state index contributed by atoms with van der Waals surface area (Å²) >= 11 is 0. The van der Waals surface area contributed by atoms with E-state index < -0.39 is 0 Å². The molecule has 0 spiro atoms. The minimum atomic E-state index is 0.420. The van der Waals surface area contributed by atoms with Crippen LogP contribution in [-0.2, 0) is 13.1 Å². The first kappa shape index (κ1) is 16.4. The summed E-state index contributed by atoms with van der Waals surface area (Å²) in [4.78, 5) is 17.8. The van der Waals surface area contributed by atoms with Gasteiger partial charge in [0.15, 0.2) is 5.65 Å². The van der Waals surface area contributed by atoms with E-state index in [0.717, 1.165) is 49.6 Å². The summed E-state index contributed by atoms with van der Waals surface area (Å²) in [6, 6.07) is 6.24. The zero-order chi connectivity index (χ0) is 17.8. The number of aromatic nitrogens is 5. The summed E-state index contributed by atoms with van der Waals surface area (Å²) < 4.78 is 1.78. The molecule has 0 N–H and O–H groups in total. The summed E-state index contributed by atoms with van der Waals surface area (Å²) in [7, 11) is 0. The molecule has 0 atom stereocenters. The van der Waals surface area contributed by atoms with Crippen LogP contribution in [0.2, 0.25) is 0 Å². The van der Waals surface area contributed by atoms with E-state index in [2.05, 4.69) is 42.0 Å². The number of anilines is 1. The molecule has 0 unspecified atom stereocenters. The van der Waals surface area contributed by atoms with Crippen LogP contribution in [0, 0.1) is 11.3 Å². The van der Waals surface area contributed by atoms with Gasteiger partial charge in [0, 0.05) is 45.1 Å². The molecule has 1 aliphatic rings. The van der Waals surface area contributed by atoms with Gasteiger partial charge in [-0.2, -0.15) is 10.4 Å². The second-order valence-electron chi connectivity index (χ2n) is 6.33. The topological polar surface area (TPSA) is 86.8 Å². The molecule has 0 amide bonds. The molecule has 0 saturated carbocycles. The van der Waals surface area contributed by atoms with Crippen molar-refractivity contribution in [3.05, 3.63) is 42.6 Å². The van der Waals surface area contributed by atoms with Gasteiger partial charge in [0.25, 0.3) is 0 Å². The highest BCUT2D eigenvalue weighted by molar-refractivity contribution is 5.86. The van der Waals surface area contributed by atoms with E-state index in [-0.39, 0.29) is 0 Å². The van der Waals surface area contributed by atoms with Crippen LogP contribution in [0.15, 0.2) is 37.1 Å². The van der Waals surface area contributed by atoms with Crippen LogP contribution in [0.25, 0.3) is 11.0 Å². The lowest BCUT2D eigenvalue weighted by Crippen LogP contribution is -2.46. The molecule has 4 heterocycles. The third-order valence-corrected chi connectivity index (χ3v) is 4.65. The quantitative estimate of drug-likeness (QED) is 0.690. The van der Waals surface area contributed by atoms with Crippen LogP contribution < -0.4 is 4.90 Å². The largest absolute Gasteiger partial charge is 0.353 e. The molecule has 0 aromatic carbocycles. The average Bonchev–Trinajstić information content (AvgIpc) is 3.11. The van der Waals surface area contributed by atoms with E-state index in [1.54, 1.807) is 17.2 Å². The Hall–Kier alpha value is -3.05. The molecule has 1 aliphatic heterocycles. The average molecular weight is 348 g/mol. The van der Waals surface area contributed by atoms with Gasteiger partial charge in [0.1, 0.15) is 12.1 Å². The monoisotopic (exact) mass is 348 g/mol. The number of hydrogen-bond donors (Lipinski definition) is 0. The first-order valence-electron chi connectivity index (χ1n) is 8.75. The Morgan fingerprint density at radius 3 is 2.77 bits per heavy atom. The van der Waals surface area contributed by atoms with Crippen LogP contribution in [0.3, 0.4) is 0 Å². The summed E-state index contributed by atoms with van der Waals surface area (Å²) in [5.41, 5.74) is 2.03. The summed E-state index contributed by atoms with van der Waals surface area (Å²) in [5, 5.41) is 14.1. The van der Waals surface area contributed by atoms with Gasteiger partial charge in [-0.05, 0) is 11.6 Å². The molecule has 0 radical (unpaired) electrons. The molecular formula is C18H20N8. The Morgan fingerprint density at radius 2 is 2.00 bits per heavy atom. The van der Waals surface area contributed by atoms with Crippen molar-refractivity contribution < 1.29 is 0 Å². The van der Waals surface area contributed by atoms with Crippen LogP contribution in [0.5, 0.6) is 0 Å². The van der Waals surface area contributed by atoms with Gasteiger partial charge in [0.2, 0.25) is 0 Å². The summed E-state index contributed by atoms with van der Waals surface area (Å²) in [6.45, 7) is 5.25. The number of aryl methyl sites for hydroxylation is 1. The second kappa shape index (κ2) is 7.45. The lowest BCUT2D eigenvalue weighted by Gasteiger charge is -2.35. The first-order valence-corrected chi connectivity index (χ1v) is 8.75. The van der Waals surface area contributed by atoms with Crippen LogP contribution >= 0.6 is 0 Å². The first-order chi connectivity index (χ1) is 12.8. The van der Waals surface area contributed by atoms with Gasteiger partial charge in [-0.15, -0.1) is 0 Å². The van der Waals surface area contributed by atoms with E-state index in [1.165, 1.54) is 5.56 Å². The van der Waals surface area contributed by atoms with Crippen LogP contribution in [0.4, 0.5) is 5.82 Å². The predicted molar refractivity (Wildman–Crippen MR) is 97.3 cm³/mol. The van der Waals surface area contributed by atoms with E-state index in [0.29, 0.717) is 13.0 Å². The fraction of sp³-hybridized carbons (Fsp3) is 0.389. The molecule has 4 rings (SSSR count). The Labute approximate surface area is 151 Å².